The molecule has 13 heavy (non-hydrogen) atoms. The van der Waals surface area contributed by atoms with Gasteiger partial charge in [-0.15, -0.1) is 12.4 Å². The van der Waals surface area contributed by atoms with E-state index < -0.39 is 0 Å². The Kier molecular flexibility index (Phi) is 3.28. The highest BCUT2D eigenvalue weighted by Gasteiger charge is 2.01. The molecule has 0 aliphatic heterocycles. The summed E-state index contributed by atoms with van der Waals surface area (Å²) in [6, 6.07) is 9.80. The van der Waals surface area contributed by atoms with Gasteiger partial charge in [-0.25, -0.2) is 4.98 Å². The van der Waals surface area contributed by atoms with Crippen molar-refractivity contribution in [2.24, 2.45) is 0 Å². The Morgan fingerprint density at radius 2 is 1.85 bits per heavy atom. The first-order valence-corrected chi connectivity index (χ1v) is 4.38. The van der Waals surface area contributed by atoms with Crippen molar-refractivity contribution in [3.63, 3.8) is 0 Å². The van der Waals surface area contributed by atoms with E-state index in [4.69, 9.17) is 5.11 Å². The summed E-state index contributed by atoms with van der Waals surface area (Å²) in [5.41, 5.74) is 1.04. The van der Waals surface area contributed by atoms with Crippen molar-refractivity contribution in [2.45, 2.75) is 0 Å². The fourth-order valence-electron chi connectivity index (χ4n) is 0.980. The van der Waals surface area contributed by atoms with Gasteiger partial charge < -0.3 is 5.11 Å². The lowest BCUT2D eigenvalue weighted by molar-refractivity contribution is 0.489. The van der Waals surface area contributed by atoms with Crippen LogP contribution in [0.15, 0.2) is 36.5 Å². The molecular formula is C9H8ClNOS. The Morgan fingerprint density at radius 1 is 1.15 bits per heavy atom. The predicted molar refractivity (Wildman–Crippen MR) is 56.5 cm³/mol. The lowest BCUT2D eigenvalue weighted by Gasteiger charge is -1.91. The highest BCUT2D eigenvalue weighted by atomic mass is 35.5. The molecule has 0 atom stereocenters. The first kappa shape index (κ1) is 10.0. The van der Waals surface area contributed by atoms with Crippen LogP contribution in [0.2, 0.25) is 0 Å². The zero-order chi connectivity index (χ0) is 8.39. The average molecular weight is 214 g/mol. The summed E-state index contributed by atoms with van der Waals surface area (Å²) < 4.78 is 0. The summed E-state index contributed by atoms with van der Waals surface area (Å²) in [6.45, 7) is 0. The number of nitrogens with zero attached hydrogens (tertiary/aromatic N) is 1. The lowest BCUT2D eigenvalue weighted by Crippen LogP contribution is -1.71. The average Bonchev–Trinajstić information content (AvgIpc) is 2.54. The van der Waals surface area contributed by atoms with E-state index >= 15 is 0 Å². The molecule has 1 N–H and O–H groups in total. The van der Waals surface area contributed by atoms with Crippen LogP contribution >= 0.6 is 23.7 Å². The Hall–Kier alpha value is -1.06. The molecule has 1 aromatic carbocycles. The number of aromatic hydroxyl groups is 1. The molecule has 0 fully saturated rings. The van der Waals surface area contributed by atoms with E-state index in [9.17, 15) is 0 Å². The third-order valence-corrected chi connectivity index (χ3v) is 2.36. The van der Waals surface area contributed by atoms with Gasteiger partial charge in [0.25, 0.3) is 0 Å². The minimum absolute atomic E-state index is 0. The van der Waals surface area contributed by atoms with E-state index in [-0.39, 0.29) is 17.5 Å². The molecule has 1 aromatic heterocycles. The smallest absolute Gasteiger partial charge is 0.192 e. The molecule has 0 saturated heterocycles. The summed E-state index contributed by atoms with van der Waals surface area (Å²) in [6.07, 6.45) is 1.47. The second kappa shape index (κ2) is 4.25. The maximum Gasteiger partial charge on any atom is 0.192 e. The molecule has 0 radical (unpaired) electrons. The molecule has 0 bridgehead atoms. The number of hydrogen-bond acceptors (Lipinski definition) is 3. The van der Waals surface area contributed by atoms with Crippen molar-refractivity contribution >= 4 is 23.7 Å². The van der Waals surface area contributed by atoms with E-state index in [1.54, 1.807) is 0 Å². The summed E-state index contributed by atoms with van der Waals surface area (Å²) in [5.74, 6) is 0. The molecular weight excluding hydrogens is 206 g/mol. The second-order valence-corrected chi connectivity index (χ2v) is 3.38. The zero-order valence-corrected chi connectivity index (χ0v) is 8.31. The molecule has 0 saturated carbocycles. The molecule has 0 aliphatic rings. The van der Waals surface area contributed by atoms with Crippen LogP contribution in [0.4, 0.5) is 0 Å². The van der Waals surface area contributed by atoms with Crippen molar-refractivity contribution in [3.8, 4) is 15.6 Å². The summed E-state index contributed by atoms with van der Waals surface area (Å²) >= 11 is 1.29. The largest absolute Gasteiger partial charge is 0.498 e. The minimum Gasteiger partial charge on any atom is -0.498 e. The maximum atomic E-state index is 9.07. The van der Waals surface area contributed by atoms with Crippen molar-refractivity contribution in [3.05, 3.63) is 36.5 Å². The number of aromatic nitrogens is 1. The quantitative estimate of drug-likeness (QED) is 0.790. The Bertz CT molecular complexity index is 374. The van der Waals surface area contributed by atoms with Crippen LogP contribution in [0.3, 0.4) is 0 Å². The molecule has 2 rings (SSSR count). The fourth-order valence-corrected chi connectivity index (χ4v) is 1.64. The highest BCUT2D eigenvalue weighted by Crippen LogP contribution is 2.28. The number of rotatable bonds is 1. The summed E-state index contributed by atoms with van der Waals surface area (Å²) in [4.78, 5) is 4.05. The molecule has 0 spiro atoms. The van der Waals surface area contributed by atoms with Gasteiger partial charge in [0.15, 0.2) is 5.06 Å². The molecule has 0 unspecified atom stereocenters. The fraction of sp³-hybridized carbons (Fsp3) is 0. The third-order valence-electron chi connectivity index (χ3n) is 1.51. The van der Waals surface area contributed by atoms with E-state index in [0.717, 1.165) is 10.6 Å². The van der Waals surface area contributed by atoms with Crippen molar-refractivity contribution in [1.29, 1.82) is 0 Å². The van der Waals surface area contributed by atoms with Gasteiger partial charge in [-0.2, -0.15) is 0 Å². The van der Waals surface area contributed by atoms with E-state index in [1.165, 1.54) is 17.5 Å². The first-order chi connectivity index (χ1) is 5.86. The van der Waals surface area contributed by atoms with Crippen molar-refractivity contribution in [2.75, 3.05) is 0 Å². The van der Waals surface area contributed by atoms with Crippen LogP contribution in [0.1, 0.15) is 0 Å². The van der Waals surface area contributed by atoms with Crippen LogP contribution in [-0.4, -0.2) is 10.1 Å². The number of halogens is 1. The zero-order valence-electron chi connectivity index (χ0n) is 6.68. The first-order valence-electron chi connectivity index (χ1n) is 3.56. The maximum absolute atomic E-state index is 9.07. The summed E-state index contributed by atoms with van der Waals surface area (Å²) in [7, 11) is 0. The molecule has 0 aliphatic carbocycles. The Labute approximate surface area is 86.3 Å². The van der Waals surface area contributed by atoms with Crippen molar-refractivity contribution in [1.82, 2.24) is 4.98 Å². The minimum atomic E-state index is 0. The predicted octanol–water partition coefficient (Wildman–Crippen LogP) is 2.94. The molecule has 0 amide bonds. The Balaban J connectivity index is 0.000000845. The molecule has 68 valence electrons. The van der Waals surface area contributed by atoms with Gasteiger partial charge in [0.05, 0.1) is 6.20 Å². The highest BCUT2D eigenvalue weighted by molar-refractivity contribution is 7.16. The van der Waals surface area contributed by atoms with Gasteiger partial charge in [-0.1, -0.05) is 41.7 Å². The number of thiazole rings is 1. The third kappa shape index (κ3) is 2.20. The standard InChI is InChI=1S/C9H7NOS.ClH/c11-8-6-10-9(12-8)7-4-2-1-3-5-7;/h1-6,11H;1H. The van der Waals surface area contributed by atoms with Crippen LogP contribution in [0.25, 0.3) is 10.6 Å². The lowest BCUT2D eigenvalue weighted by atomic mass is 10.2. The van der Waals surface area contributed by atoms with Crippen LogP contribution < -0.4 is 0 Å². The van der Waals surface area contributed by atoms with Gasteiger partial charge >= 0.3 is 0 Å². The topological polar surface area (TPSA) is 33.1 Å². The van der Waals surface area contributed by atoms with Gasteiger partial charge in [-0.05, 0) is 0 Å². The van der Waals surface area contributed by atoms with Crippen LogP contribution in [-0.2, 0) is 0 Å². The molecule has 2 nitrogen and oxygen atoms in total. The van der Waals surface area contributed by atoms with Gasteiger partial charge in [0, 0.05) is 5.56 Å². The molecule has 2 aromatic rings. The second-order valence-electron chi connectivity index (χ2n) is 2.37. The number of hydrogen-bond donors (Lipinski definition) is 1. The van der Waals surface area contributed by atoms with Crippen LogP contribution in [0.5, 0.6) is 5.06 Å². The van der Waals surface area contributed by atoms with E-state index in [1.807, 2.05) is 30.3 Å². The van der Waals surface area contributed by atoms with Crippen molar-refractivity contribution < 1.29 is 5.11 Å². The monoisotopic (exact) mass is 213 g/mol. The molecule has 1 heterocycles. The Morgan fingerprint density at radius 3 is 2.38 bits per heavy atom. The SMILES string of the molecule is Cl.Oc1cnc(-c2ccccc2)s1. The summed E-state index contributed by atoms with van der Waals surface area (Å²) in [5, 5.41) is 10.2. The van der Waals surface area contributed by atoms with Gasteiger partial charge in [-0.3, -0.25) is 0 Å². The molecule has 4 heteroatoms. The van der Waals surface area contributed by atoms with E-state index in [0.29, 0.717) is 0 Å². The number of benzene rings is 1. The normalized spacial score (nSPS) is 9.23. The van der Waals surface area contributed by atoms with Gasteiger partial charge in [0.2, 0.25) is 0 Å². The van der Waals surface area contributed by atoms with E-state index in [2.05, 4.69) is 4.98 Å². The van der Waals surface area contributed by atoms with Gasteiger partial charge in [0.1, 0.15) is 5.01 Å². The van der Waals surface area contributed by atoms with Crippen LogP contribution in [0, 0.1) is 0 Å².